The maximum Gasteiger partial charge on any atom is 0.348 e. The van der Waals surface area contributed by atoms with Crippen LogP contribution >= 0.6 is 11.3 Å². The second-order valence-electron chi connectivity index (χ2n) is 8.71. The Morgan fingerprint density at radius 1 is 1.17 bits per heavy atom. The molecule has 4 nitrogen and oxygen atoms in total. The zero-order valence-corrected chi connectivity index (χ0v) is 18.1. The van der Waals surface area contributed by atoms with Crippen LogP contribution in [0.4, 0.5) is 5.69 Å². The zero-order valence-electron chi connectivity index (χ0n) is 17.3. The van der Waals surface area contributed by atoms with Crippen molar-refractivity contribution < 1.29 is 15.0 Å². The van der Waals surface area contributed by atoms with Gasteiger partial charge in [0, 0.05) is 18.0 Å². The molecular formula is C24H29NO3S. The van der Waals surface area contributed by atoms with Crippen LogP contribution < -0.4 is 4.90 Å². The molecule has 29 heavy (non-hydrogen) atoms. The van der Waals surface area contributed by atoms with E-state index >= 15 is 0 Å². The number of carboxylic acids is 1. The number of rotatable bonds is 5. The van der Waals surface area contributed by atoms with Crippen molar-refractivity contribution in [3.63, 3.8) is 0 Å². The molecule has 0 spiro atoms. The molecule has 1 aromatic carbocycles. The predicted octanol–water partition coefficient (Wildman–Crippen LogP) is 5.15. The van der Waals surface area contributed by atoms with Crippen LogP contribution in [0.2, 0.25) is 0 Å². The summed E-state index contributed by atoms with van der Waals surface area (Å²) in [6.07, 6.45) is 2.95. The molecule has 0 radical (unpaired) electrons. The number of thiophene rings is 1. The van der Waals surface area contributed by atoms with Crippen molar-refractivity contribution >= 4 is 23.0 Å². The number of aliphatic hydroxyl groups is 1. The van der Waals surface area contributed by atoms with E-state index in [9.17, 15) is 15.0 Å². The first-order valence-electron chi connectivity index (χ1n) is 10.1. The second kappa shape index (κ2) is 9.02. The van der Waals surface area contributed by atoms with Crippen molar-refractivity contribution in [2.45, 2.75) is 65.1 Å². The third-order valence-electron chi connectivity index (χ3n) is 5.08. The number of nitrogens with zero attached hydrogens (tertiary/aromatic N) is 1. The van der Waals surface area contributed by atoms with E-state index in [1.54, 1.807) is 0 Å². The summed E-state index contributed by atoms with van der Waals surface area (Å²) in [7, 11) is 0. The molecule has 0 atom stereocenters. The maximum absolute atomic E-state index is 12.0. The van der Waals surface area contributed by atoms with Crippen molar-refractivity contribution in [1.82, 2.24) is 0 Å². The average Bonchev–Trinajstić information content (AvgIpc) is 3.10. The Morgan fingerprint density at radius 3 is 2.41 bits per heavy atom. The number of carboxylic acid groups (broad SMARTS) is 1. The number of anilines is 1. The average molecular weight is 412 g/mol. The van der Waals surface area contributed by atoms with Gasteiger partial charge in [0.05, 0.1) is 16.7 Å². The molecule has 3 rings (SSSR count). The van der Waals surface area contributed by atoms with Gasteiger partial charge >= 0.3 is 5.97 Å². The molecule has 0 unspecified atom stereocenters. The first-order chi connectivity index (χ1) is 13.7. The summed E-state index contributed by atoms with van der Waals surface area (Å²) < 4.78 is 0. The molecule has 154 valence electrons. The largest absolute Gasteiger partial charge is 0.477 e. The minimum Gasteiger partial charge on any atom is -0.477 e. The lowest BCUT2D eigenvalue weighted by atomic mass is 9.91. The Balaban J connectivity index is 2.00. The summed E-state index contributed by atoms with van der Waals surface area (Å²) in [6.45, 7) is 6.77. The van der Waals surface area contributed by atoms with E-state index in [-0.39, 0.29) is 17.6 Å². The lowest BCUT2D eigenvalue weighted by Gasteiger charge is -2.37. The van der Waals surface area contributed by atoms with Crippen molar-refractivity contribution in [1.29, 1.82) is 0 Å². The Bertz CT molecular complexity index is 894. The van der Waals surface area contributed by atoms with E-state index < -0.39 is 5.97 Å². The molecule has 5 heteroatoms. The van der Waals surface area contributed by atoms with Gasteiger partial charge in [0.15, 0.2) is 0 Å². The van der Waals surface area contributed by atoms with Crippen LogP contribution in [-0.2, 0) is 6.54 Å². The summed E-state index contributed by atoms with van der Waals surface area (Å²) in [4.78, 5) is 15.4. The highest BCUT2D eigenvalue weighted by Crippen LogP contribution is 2.36. The predicted molar refractivity (Wildman–Crippen MR) is 118 cm³/mol. The molecule has 1 fully saturated rings. The lowest BCUT2D eigenvalue weighted by Crippen LogP contribution is -2.39. The molecule has 1 aliphatic rings. The summed E-state index contributed by atoms with van der Waals surface area (Å²) in [5, 5.41) is 19.8. The molecular weight excluding hydrogens is 382 g/mol. The normalized spacial score (nSPS) is 19.3. The van der Waals surface area contributed by atoms with E-state index in [1.807, 2.05) is 45.0 Å². The monoisotopic (exact) mass is 411 g/mol. The molecule has 1 aliphatic carbocycles. The van der Waals surface area contributed by atoms with Gasteiger partial charge in [-0.3, -0.25) is 0 Å². The van der Waals surface area contributed by atoms with Gasteiger partial charge in [-0.2, -0.15) is 0 Å². The molecule has 1 aromatic heterocycles. The molecule has 2 aromatic rings. The van der Waals surface area contributed by atoms with Gasteiger partial charge in [-0.1, -0.05) is 42.2 Å². The third-order valence-corrected chi connectivity index (χ3v) is 6.11. The van der Waals surface area contributed by atoms with E-state index in [0.29, 0.717) is 11.4 Å². The first kappa shape index (κ1) is 21.4. The standard InChI is InChI=1S/C24H29NO3S/c1-24(2,3)14-13-20-15-21(22(29-20)23(27)28)25(16-17-7-5-4-6-8-17)18-9-11-19(26)12-10-18/h4-8,15,18-19,26H,9-12,16H2,1-3H3,(H,27,28)/t18-,19+. The van der Waals surface area contributed by atoms with Crippen LogP contribution in [0, 0.1) is 17.3 Å². The van der Waals surface area contributed by atoms with Gasteiger partial charge in [-0.05, 0) is 58.1 Å². The SMILES string of the molecule is CC(C)(C)C#Cc1cc(N(Cc2ccccc2)[C@H]2CC[C@@H](O)CC2)c(C(=O)O)s1. The van der Waals surface area contributed by atoms with Crippen molar-refractivity contribution in [2.75, 3.05) is 4.90 Å². The molecule has 0 amide bonds. The number of hydrogen-bond acceptors (Lipinski definition) is 4. The molecule has 0 aliphatic heterocycles. The van der Waals surface area contributed by atoms with Gasteiger partial charge in [0.25, 0.3) is 0 Å². The molecule has 2 N–H and O–H groups in total. The maximum atomic E-state index is 12.0. The van der Waals surface area contributed by atoms with Crippen molar-refractivity contribution in [3.8, 4) is 11.8 Å². The van der Waals surface area contributed by atoms with Crippen molar-refractivity contribution in [2.24, 2.45) is 5.41 Å². The molecule has 1 saturated carbocycles. The fraction of sp³-hybridized carbons (Fsp3) is 0.458. The van der Waals surface area contributed by atoms with Crippen LogP contribution in [0.25, 0.3) is 0 Å². The molecule has 0 bridgehead atoms. The number of aliphatic hydroxyl groups excluding tert-OH is 1. The Kier molecular flexibility index (Phi) is 6.66. The zero-order chi connectivity index (χ0) is 21.0. The van der Waals surface area contributed by atoms with E-state index in [1.165, 1.54) is 11.3 Å². The van der Waals surface area contributed by atoms with Crippen LogP contribution in [-0.4, -0.2) is 28.3 Å². The van der Waals surface area contributed by atoms with E-state index in [0.717, 1.165) is 41.8 Å². The van der Waals surface area contributed by atoms with Gasteiger partial charge in [0.1, 0.15) is 4.88 Å². The summed E-state index contributed by atoms with van der Waals surface area (Å²) in [6, 6.07) is 12.3. The van der Waals surface area contributed by atoms with Gasteiger partial charge in [-0.25, -0.2) is 4.79 Å². The highest BCUT2D eigenvalue weighted by Gasteiger charge is 2.29. The summed E-state index contributed by atoms with van der Waals surface area (Å²) in [5.41, 5.74) is 1.74. The Morgan fingerprint density at radius 2 is 1.83 bits per heavy atom. The number of carbonyl (C=O) groups is 1. The summed E-state index contributed by atoms with van der Waals surface area (Å²) in [5.74, 6) is 5.46. The van der Waals surface area contributed by atoms with Gasteiger partial charge in [-0.15, -0.1) is 11.3 Å². The Hall–Kier alpha value is -2.29. The first-order valence-corrected chi connectivity index (χ1v) is 10.9. The fourth-order valence-corrected chi connectivity index (χ4v) is 4.48. The van der Waals surface area contributed by atoms with Crippen LogP contribution in [0.3, 0.4) is 0 Å². The minimum absolute atomic E-state index is 0.142. The lowest BCUT2D eigenvalue weighted by molar-refractivity contribution is 0.0702. The third kappa shape index (κ3) is 5.85. The van der Waals surface area contributed by atoms with E-state index in [4.69, 9.17) is 0 Å². The number of hydrogen-bond donors (Lipinski definition) is 2. The minimum atomic E-state index is -0.914. The second-order valence-corrected chi connectivity index (χ2v) is 9.76. The summed E-state index contributed by atoms with van der Waals surface area (Å²) >= 11 is 1.25. The quantitative estimate of drug-likeness (QED) is 0.668. The number of aromatic carboxylic acids is 1. The smallest absolute Gasteiger partial charge is 0.348 e. The molecule has 0 saturated heterocycles. The van der Waals surface area contributed by atoms with Crippen LogP contribution in [0.1, 0.15) is 66.6 Å². The fourth-order valence-electron chi connectivity index (χ4n) is 3.62. The van der Waals surface area contributed by atoms with Crippen LogP contribution in [0.5, 0.6) is 0 Å². The van der Waals surface area contributed by atoms with Crippen LogP contribution in [0.15, 0.2) is 36.4 Å². The van der Waals surface area contributed by atoms with E-state index in [2.05, 4.69) is 28.9 Å². The highest BCUT2D eigenvalue weighted by molar-refractivity contribution is 7.15. The Labute approximate surface area is 177 Å². The highest BCUT2D eigenvalue weighted by atomic mass is 32.1. The van der Waals surface area contributed by atoms with Gasteiger partial charge in [0.2, 0.25) is 0 Å². The van der Waals surface area contributed by atoms with Crippen molar-refractivity contribution in [3.05, 3.63) is 51.7 Å². The van der Waals surface area contributed by atoms with Gasteiger partial charge < -0.3 is 15.1 Å². The topological polar surface area (TPSA) is 60.8 Å². The number of benzene rings is 1. The molecule has 1 heterocycles.